The van der Waals surface area contributed by atoms with Gasteiger partial charge in [0.1, 0.15) is 17.8 Å². The van der Waals surface area contributed by atoms with E-state index in [1.54, 1.807) is 41.2 Å². The summed E-state index contributed by atoms with van der Waals surface area (Å²) in [7, 11) is 0. The van der Waals surface area contributed by atoms with Crippen LogP contribution in [0.25, 0.3) is 0 Å². The van der Waals surface area contributed by atoms with Crippen molar-refractivity contribution in [3.63, 3.8) is 0 Å². The molecule has 0 radical (unpaired) electrons. The molecule has 3 aromatic rings. The van der Waals surface area contributed by atoms with Gasteiger partial charge in [-0.05, 0) is 23.8 Å². The lowest BCUT2D eigenvalue weighted by Gasteiger charge is -2.31. The minimum Gasteiger partial charge on any atom is -0.369 e. The molecule has 1 amide bonds. The van der Waals surface area contributed by atoms with Crippen LogP contribution in [0.1, 0.15) is 17.3 Å². The average molecular weight is 396 g/mol. The molecular formula is C19H17FN6OS. The summed E-state index contributed by atoms with van der Waals surface area (Å²) in [6.45, 7) is 3.93. The van der Waals surface area contributed by atoms with E-state index in [-0.39, 0.29) is 5.82 Å². The fraction of sp³-hybridized carbons (Fsp3) is 0.158. The first kappa shape index (κ1) is 18.2. The number of aromatic nitrogens is 4. The van der Waals surface area contributed by atoms with Crippen molar-refractivity contribution < 1.29 is 9.18 Å². The minimum absolute atomic E-state index is 0.273. The van der Waals surface area contributed by atoms with Crippen molar-refractivity contribution in [1.82, 2.24) is 19.7 Å². The second-order valence-corrected chi connectivity index (χ2v) is 7.21. The normalized spacial score (nSPS) is 18.4. The lowest BCUT2D eigenvalue weighted by molar-refractivity contribution is -0.121. The second-order valence-electron chi connectivity index (χ2n) is 6.27. The highest BCUT2D eigenvalue weighted by atomic mass is 32.2. The summed E-state index contributed by atoms with van der Waals surface area (Å²) in [5.41, 5.74) is 7.26. The summed E-state index contributed by atoms with van der Waals surface area (Å²) < 4.78 is 15.4. The SMILES string of the molecule is C=C1Nc2nc(SCc3ccccc3F)nn2[C@H](c2ccccn2)[C@H]1C(N)=O. The number of nitrogens with zero attached hydrogens (tertiary/aromatic N) is 4. The van der Waals surface area contributed by atoms with Crippen molar-refractivity contribution >= 4 is 23.6 Å². The molecule has 0 unspecified atom stereocenters. The van der Waals surface area contributed by atoms with Crippen LogP contribution in [-0.2, 0) is 10.5 Å². The molecule has 28 heavy (non-hydrogen) atoms. The number of nitrogens with two attached hydrogens (primary N) is 1. The molecule has 0 saturated heterocycles. The predicted molar refractivity (Wildman–Crippen MR) is 104 cm³/mol. The molecule has 0 saturated carbocycles. The van der Waals surface area contributed by atoms with Crippen LogP contribution in [-0.4, -0.2) is 25.7 Å². The highest BCUT2D eigenvalue weighted by molar-refractivity contribution is 7.98. The molecule has 3 N–H and O–H groups in total. The molecule has 9 heteroatoms. The van der Waals surface area contributed by atoms with Gasteiger partial charge in [0.2, 0.25) is 17.0 Å². The Morgan fingerprint density at radius 2 is 2.07 bits per heavy atom. The van der Waals surface area contributed by atoms with Crippen LogP contribution in [0.4, 0.5) is 10.3 Å². The maximum absolute atomic E-state index is 13.9. The summed E-state index contributed by atoms with van der Waals surface area (Å²) in [4.78, 5) is 20.9. The molecule has 1 aliphatic heterocycles. The van der Waals surface area contributed by atoms with Gasteiger partial charge >= 0.3 is 0 Å². The number of nitrogens with one attached hydrogen (secondary N) is 1. The number of amides is 1. The number of fused-ring (bicyclic) bond motifs is 1. The topological polar surface area (TPSA) is 98.7 Å². The fourth-order valence-corrected chi connectivity index (χ4v) is 3.94. The van der Waals surface area contributed by atoms with Crippen molar-refractivity contribution in [1.29, 1.82) is 0 Å². The van der Waals surface area contributed by atoms with E-state index >= 15 is 0 Å². The Kier molecular flexibility index (Phi) is 4.82. The summed E-state index contributed by atoms with van der Waals surface area (Å²) in [5, 5.41) is 7.96. The Morgan fingerprint density at radius 1 is 1.29 bits per heavy atom. The summed E-state index contributed by atoms with van der Waals surface area (Å²) in [5.74, 6) is -0.715. The Balaban J connectivity index is 1.68. The van der Waals surface area contributed by atoms with E-state index < -0.39 is 17.9 Å². The number of primary amides is 1. The Hall–Kier alpha value is -3.20. The third-order valence-corrected chi connectivity index (χ3v) is 5.34. The minimum atomic E-state index is -0.728. The molecule has 142 valence electrons. The quantitative estimate of drug-likeness (QED) is 0.644. The van der Waals surface area contributed by atoms with E-state index in [9.17, 15) is 9.18 Å². The molecular weight excluding hydrogens is 379 g/mol. The highest BCUT2D eigenvalue weighted by Gasteiger charge is 2.39. The summed E-state index contributed by atoms with van der Waals surface area (Å²) in [6, 6.07) is 11.4. The average Bonchev–Trinajstić information content (AvgIpc) is 3.09. The number of hydrogen-bond donors (Lipinski definition) is 2. The molecule has 1 aromatic carbocycles. The Labute approximate surface area is 164 Å². The number of carbonyl (C=O) groups excluding carboxylic acids is 1. The maximum Gasteiger partial charge on any atom is 0.229 e. The first-order valence-electron chi connectivity index (χ1n) is 8.53. The van der Waals surface area contributed by atoms with E-state index in [1.165, 1.54) is 17.8 Å². The van der Waals surface area contributed by atoms with Crippen molar-refractivity contribution in [3.05, 3.63) is 78.0 Å². The van der Waals surface area contributed by atoms with Gasteiger partial charge in [0.25, 0.3) is 0 Å². The zero-order valence-corrected chi connectivity index (χ0v) is 15.6. The predicted octanol–water partition coefficient (Wildman–Crippen LogP) is 2.73. The first-order chi connectivity index (χ1) is 13.5. The lowest BCUT2D eigenvalue weighted by Crippen LogP contribution is -2.40. The van der Waals surface area contributed by atoms with E-state index in [1.807, 2.05) is 6.07 Å². The van der Waals surface area contributed by atoms with Crippen LogP contribution in [0.2, 0.25) is 0 Å². The van der Waals surface area contributed by atoms with E-state index in [4.69, 9.17) is 5.73 Å². The van der Waals surface area contributed by atoms with Gasteiger partial charge in [-0.3, -0.25) is 9.78 Å². The summed E-state index contributed by atoms with van der Waals surface area (Å²) >= 11 is 1.30. The molecule has 2 aromatic heterocycles. The highest BCUT2D eigenvalue weighted by Crippen LogP contribution is 2.37. The van der Waals surface area contributed by atoms with E-state index in [0.29, 0.717) is 33.8 Å². The van der Waals surface area contributed by atoms with E-state index in [0.717, 1.165) is 0 Å². The third-order valence-electron chi connectivity index (χ3n) is 4.45. The largest absolute Gasteiger partial charge is 0.369 e. The number of carbonyl (C=O) groups is 1. The van der Waals surface area contributed by atoms with Gasteiger partial charge in [-0.15, -0.1) is 5.10 Å². The number of benzene rings is 1. The molecule has 3 heterocycles. The number of rotatable bonds is 5. The van der Waals surface area contributed by atoms with Crippen LogP contribution in [0, 0.1) is 11.7 Å². The van der Waals surface area contributed by atoms with Crippen LogP contribution < -0.4 is 11.1 Å². The number of halogens is 1. The van der Waals surface area contributed by atoms with Crippen LogP contribution >= 0.6 is 11.8 Å². The smallest absolute Gasteiger partial charge is 0.229 e. The summed E-state index contributed by atoms with van der Waals surface area (Å²) in [6.07, 6.45) is 1.64. The van der Waals surface area contributed by atoms with E-state index in [2.05, 4.69) is 27.0 Å². The first-order valence-corrected chi connectivity index (χ1v) is 9.52. The fourth-order valence-electron chi connectivity index (χ4n) is 3.13. The van der Waals surface area contributed by atoms with Gasteiger partial charge in [-0.2, -0.15) is 4.98 Å². The Bertz CT molecular complexity index is 1040. The van der Waals surface area contributed by atoms with Gasteiger partial charge in [-0.25, -0.2) is 9.07 Å². The molecule has 4 rings (SSSR count). The second kappa shape index (κ2) is 7.43. The third kappa shape index (κ3) is 3.36. The van der Waals surface area contributed by atoms with Gasteiger partial charge in [0.15, 0.2) is 0 Å². The molecule has 1 aliphatic rings. The standard InChI is InChI=1S/C19H17FN6OS/c1-11-15(17(21)27)16(14-8-4-5-9-22-14)26-18(23-11)24-19(25-26)28-10-12-6-2-3-7-13(12)20/h2-9,15-16H,1,10H2,(H2,21,27)(H,23,24,25)/t15-,16+/m0/s1. The van der Waals surface area contributed by atoms with Crippen LogP contribution in [0.3, 0.4) is 0 Å². The van der Waals surface area contributed by atoms with Gasteiger partial charge in [0, 0.05) is 17.6 Å². The number of thioether (sulfide) groups is 1. The van der Waals surface area contributed by atoms with Crippen molar-refractivity contribution in [2.75, 3.05) is 5.32 Å². The van der Waals surface area contributed by atoms with Gasteiger partial charge in [-0.1, -0.05) is 42.6 Å². The van der Waals surface area contributed by atoms with Crippen LogP contribution in [0.15, 0.2) is 66.1 Å². The zero-order chi connectivity index (χ0) is 19.7. The molecule has 0 spiro atoms. The van der Waals surface area contributed by atoms with Crippen molar-refractivity contribution in [2.45, 2.75) is 17.0 Å². The van der Waals surface area contributed by atoms with Crippen molar-refractivity contribution in [3.8, 4) is 0 Å². The molecule has 7 nitrogen and oxygen atoms in total. The number of pyridine rings is 1. The maximum atomic E-state index is 13.9. The lowest BCUT2D eigenvalue weighted by atomic mass is 9.91. The molecule has 0 fully saturated rings. The zero-order valence-electron chi connectivity index (χ0n) is 14.7. The molecule has 0 aliphatic carbocycles. The van der Waals surface area contributed by atoms with Crippen LogP contribution in [0.5, 0.6) is 0 Å². The van der Waals surface area contributed by atoms with Crippen molar-refractivity contribution in [2.24, 2.45) is 11.7 Å². The number of anilines is 1. The molecule has 0 bridgehead atoms. The Morgan fingerprint density at radius 3 is 2.79 bits per heavy atom. The van der Waals surface area contributed by atoms with Gasteiger partial charge < -0.3 is 11.1 Å². The number of hydrogen-bond acceptors (Lipinski definition) is 6. The van der Waals surface area contributed by atoms with Gasteiger partial charge in [0.05, 0.1) is 5.69 Å². The monoisotopic (exact) mass is 396 g/mol. The molecule has 2 atom stereocenters.